The third kappa shape index (κ3) is 5.01. The fourth-order valence-electron chi connectivity index (χ4n) is 1.98. The van der Waals surface area contributed by atoms with E-state index in [4.69, 9.17) is 0 Å². The fourth-order valence-corrected chi connectivity index (χ4v) is 2.97. The van der Waals surface area contributed by atoms with Crippen molar-refractivity contribution in [3.63, 3.8) is 0 Å². The number of rotatable bonds is 7. The first kappa shape index (κ1) is 14.9. The zero-order valence-electron chi connectivity index (χ0n) is 11.8. The van der Waals surface area contributed by atoms with Gasteiger partial charge in [-0.15, -0.1) is 6.58 Å². The van der Waals surface area contributed by atoms with Crippen LogP contribution < -0.4 is 0 Å². The van der Waals surface area contributed by atoms with Crippen LogP contribution in [0.4, 0.5) is 0 Å². The van der Waals surface area contributed by atoms with Crippen molar-refractivity contribution in [1.82, 2.24) is 0 Å². The van der Waals surface area contributed by atoms with E-state index in [-0.39, 0.29) is 5.92 Å². The van der Waals surface area contributed by atoms with Crippen LogP contribution >= 0.6 is 0 Å². The Balaban J connectivity index is 2.73. The second-order valence-corrected chi connectivity index (χ2v) is 11.6. The minimum absolute atomic E-state index is 0.0000463. The third-order valence-electron chi connectivity index (χ3n) is 3.11. The minimum Gasteiger partial charge on any atom is -0.299 e. The number of ketones is 1. The summed E-state index contributed by atoms with van der Waals surface area (Å²) in [5, 5.41) is 0. The summed E-state index contributed by atoms with van der Waals surface area (Å²) in [7, 11) is -1.14. The number of carbonyl (C=O) groups excluding carboxylic acids is 1. The number of hydrogen-bond donors (Lipinski definition) is 0. The highest BCUT2D eigenvalue weighted by Gasteiger charge is 2.21. The second kappa shape index (κ2) is 6.69. The van der Waals surface area contributed by atoms with E-state index in [9.17, 15) is 4.79 Å². The molecule has 0 aromatic heterocycles. The largest absolute Gasteiger partial charge is 0.299 e. The van der Waals surface area contributed by atoms with Gasteiger partial charge in [-0.1, -0.05) is 62.1 Å². The van der Waals surface area contributed by atoms with E-state index < -0.39 is 8.07 Å². The van der Waals surface area contributed by atoms with Crippen LogP contribution in [0, 0.1) is 0 Å². The lowest BCUT2D eigenvalue weighted by molar-refractivity contribution is -0.120. The number of Topliss-reactive ketones (excluding diaryl/α,β-unsaturated/α-hetero) is 1. The van der Waals surface area contributed by atoms with Crippen molar-refractivity contribution >= 4 is 13.9 Å². The Hall–Kier alpha value is -1.15. The topological polar surface area (TPSA) is 17.1 Å². The average molecular weight is 260 g/mol. The second-order valence-electron chi connectivity index (χ2n) is 6.01. The van der Waals surface area contributed by atoms with E-state index in [1.54, 1.807) is 0 Å². The zero-order chi connectivity index (χ0) is 13.6. The van der Waals surface area contributed by atoms with Gasteiger partial charge in [0.15, 0.2) is 0 Å². The molecule has 0 bridgehead atoms. The van der Waals surface area contributed by atoms with Gasteiger partial charge >= 0.3 is 0 Å². The van der Waals surface area contributed by atoms with Crippen LogP contribution in [-0.2, 0) is 4.79 Å². The molecule has 1 aromatic rings. The Morgan fingerprint density at radius 2 is 1.89 bits per heavy atom. The number of hydrogen-bond acceptors (Lipinski definition) is 1. The molecular weight excluding hydrogens is 236 g/mol. The predicted molar refractivity (Wildman–Crippen MR) is 81.8 cm³/mol. The maximum Gasteiger partial charge on any atom is 0.140 e. The highest BCUT2D eigenvalue weighted by molar-refractivity contribution is 6.76. The molecule has 0 fully saturated rings. The van der Waals surface area contributed by atoms with Gasteiger partial charge < -0.3 is 0 Å². The number of benzene rings is 1. The molecule has 98 valence electrons. The van der Waals surface area contributed by atoms with Crippen molar-refractivity contribution < 1.29 is 4.79 Å². The van der Waals surface area contributed by atoms with Gasteiger partial charge in [0.25, 0.3) is 0 Å². The average Bonchev–Trinajstić information content (AvgIpc) is 2.33. The molecule has 0 aliphatic carbocycles. The van der Waals surface area contributed by atoms with Gasteiger partial charge in [-0.3, -0.25) is 4.79 Å². The van der Waals surface area contributed by atoms with Crippen LogP contribution in [0.2, 0.25) is 25.7 Å². The van der Waals surface area contributed by atoms with Crippen LogP contribution in [0.3, 0.4) is 0 Å². The van der Waals surface area contributed by atoms with Gasteiger partial charge in [-0.2, -0.15) is 0 Å². The van der Waals surface area contributed by atoms with Crippen LogP contribution in [0.15, 0.2) is 43.0 Å². The van der Waals surface area contributed by atoms with Crippen LogP contribution in [0.5, 0.6) is 0 Å². The third-order valence-corrected chi connectivity index (χ3v) is 4.86. The molecule has 1 nitrogen and oxygen atoms in total. The Kier molecular flexibility index (Phi) is 5.54. The van der Waals surface area contributed by atoms with Gasteiger partial charge in [0, 0.05) is 20.4 Å². The molecule has 2 heteroatoms. The lowest BCUT2D eigenvalue weighted by Gasteiger charge is -2.18. The smallest absolute Gasteiger partial charge is 0.140 e. The molecule has 0 radical (unpaired) electrons. The highest BCUT2D eigenvalue weighted by Crippen LogP contribution is 2.24. The Bertz CT molecular complexity index is 389. The molecule has 1 atom stereocenters. The van der Waals surface area contributed by atoms with Crippen molar-refractivity contribution in [2.24, 2.45) is 0 Å². The van der Waals surface area contributed by atoms with Crippen molar-refractivity contribution in [3.05, 3.63) is 48.6 Å². The summed E-state index contributed by atoms with van der Waals surface area (Å²) in [5.74, 6) is 0.364. The molecule has 1 aromatic carbocycles. The highest BCUT2D eigenvalue weighted by atomic mass is 28.3. The Labute approximate surface area is 112 Å². The molecule has 0 aliphatic rings. The maximum atomic E-state index is 12.4. The first-order valence-electron chi connectivity index (χ1n) is 6.62. The molecule has 0 amide bonds. The number of carbonyl (C=O) groups is 1. The molecule has 1 unspecified atom stereocenters. The molecule has 18 heavy (non-hydrogen) atoms. The van der Waals surface area contributed by atoms with E-state index in [0.29, 0.717) is 12.2 Å². The summed E-state index contributed by atoms with van der Waals surface area (Å²) >= 11 is 0. The summed E-state index contributed by atoms with van der Waals surface area (Å²) in [5.41, 5.74) is 1.12. The maximum absolute atomic E-state index is 12.4. The molecule has 0 N–H and O–H groups in total. The van der Waals surface area contributed by atoms with Gasteiger partial charge in [0.05, 0.1) is 0 Å². The summed E-state index contributed by atoms with van der Waals surface area (Å²) < 4.78 is 0. The number of allylic oxidation sites excluding steroid dienone is 1. The van der Waals surface area contributed by atoms with Gasteiger partial charge in [-0.05, 0) is 12.0 Å². The van der Waals surface area contributed by atoms with E-state index in [2.05, 4.69) is 26.2 Å². The Morgan fingerprint density at radius 1 is 1.28 bits per heavy atom. The fraction of sp³-hybridized carbons (Fsp3) is 0.438. The van der Waals surface area contributed by atoms with E-state index in [1.807, 2.05) is 36.4 Å². The van der Waals surface area contributed by atoms with Crippen molar-refractivity contribution in [2.45, 2.75) is 44.4 Å². The van der Waals surface area contributed by atoms with E-state index in [1.165, 1.54) is 0 Å². The molecule has 1 rings (SSSR count). The van der Waals surface area contributed by atoms with E-state index in [0.717, 1.165) is 18.0 Å². The molecule has 0 spiro atoms. The lowest BCUT2D eigenvalue weighted by atomic mass is 9.90. The van der Waals surface area contributed by atoms with Crippen molar-refractivity contribution in [1.29, 1.82) is 0 Å². The Morgan fingerprint density at radius 3 is 2.39 bits per heavy atom. The summed E-state index contributed by atoms with van der Waals surface area (Å²) in [6, 6.07) is 11.1. The van der Waals surface area contributed by atoms with Crippen LogP contribution in [-0.4, -0.2) is 13.9 Å². The SMILES string of the molecule is C=CCC(C(=O)CC[Si](C)(C)C)c1ccccc1. The van der Waals surface area contributed by atoms with Gasteiger partial charge in [0.1, 0.15) is 5.78 Å². The zero-order valence-corrected chi connectivity index (χ0v) is 12.8. The van der Waals surface area contributed by atoms with Crippen LogP contribution in [0.1, 0.15) is 24.3 Å². The summed E-state index contributed by atoms with van der Waals surface area (Å²) in [6.07, 6.45) is 3.31. The lowest BCUT2D eigenvalue weighted by Crippen LogP contribution is -2.22. The van der Waals surface area contributed by atoms with Crippen molar-refractivity contribution in [2.75, 3.05) is 0 Å². The molecule has 0 saturated heterocycles. The monoisotopic (exact) mass is 260 g/mol. The molecule has 0 saturated carbocycles. The normalized spacial score (nSPS) is 13.1. The van der Waals surface area contributed by atoms with Crippen molar-refractivity contribution in [3.8, 4) is 0 Å². The molecular formula is C16H24OSi. The predicted octanol–water partition coefficient (Wildman–Crippen LogP) is 4.64. The molecule has 0 heterocycles. The van der Waals surface area contributed by atoms with Gasteiger partial charge in [0.2, 0.25) is 0 Å². The first-order valence-corrected chi connectivity index (χ1v) is 10.3. The quantitative estimate of drug-likeness (QED) is 0.515. The van der Waals surface area contributed by atoms with E-state index >= 15 is 0 Å². The summed E-state index contributed by atoms with van der Waals surface area (Å²) in [4.78, 5) is 12.4. The van der Waals surface area contributed by atoms with Gasteiger partial charge in [-0.25, -0.2) is 0 Å². The summed E-state index contributed by atoms with van der Waals surface area (Å²) in [6.45, 7) is 10.7. The molecule has 0 aliphatic heterocycles. The standard InChI is InChI=1S/C16H24OSi/c1-5-9-15(14-10-7-6-8-11-14)16(17)12-13-18(2,3)4/h5-8,10-11,15H,1,9,12-13H2,2-4H3. The van der Waals surface area contributed by atoms with Crippen LogP contribution in [0.25, 0.3) is 0 Å². The minimum atomic E-state index is -1.14. The first-order chi connectivity index (χ1) is 8.44.